The van der Waals surface area contributed by atoms with Gasteiger partial charge in [-0.2, -0.15) is 0 Å². The summed E-state index contributed by atoms with van der Waals surface area (Å²) in [5.74, 6) is -4.79. The lowest BCUT2D eigenvalue weighted by molar-refractivity contribution is -0.153. The summed E-state index contributed by atoms with van der Waals surface area (Å²) in [6.45, 7) is 4.12. The van der Waals surface area contributed by atoms with Crippen LogP contribution in [-0.2, 0) is 14.3 Å². The van der Waals surface area contributed by atoms with Gasteiger partial charge >= 0.3 is 11.9 Å². The van der Waals surface area contributed by atoms with E-state index in [0.717, 1.165) is 19.1 Å². The highest BCUT2D eigenvalue weighted by molar-refractivity contribution is 6.20. The summed E-state index contributed by atoms with van der Waals surface area (Å²) < 4.78 is 4.36. The van der Waals surface area contributed by atoms with E-state index in [0.29, 0.717) is 5.92 Å². The van der Waals surface area contributed by atoms with E-state index in [9.17, 15) is 14.4 Å². The van der Waals surface area contributed by atoms with Crippen LogP contribution in [0.5, 0.6) is 0 Å². The van der Waals surface area contributed by atoms with Crippen molar-refractivity contribution in [3.05, 3.63) is 35.4 Å². The summed E-state index contributed by atoms with van der Waals surface area (Å²) in [6.07, 6.45) is 0.965. The first-order chi connectivity index (χ1) is 9.42. The highest BCUT2D eigenvalue weighted by atomic mass is 16.5. The average Bonchev–Trinajstić information content (AvgIpc) is 2.46. The maximum absolute atomic E-state index is 12.1. The van der Waals surface area contributed by atoms with E-state index >= 15 is 0 Å². The molecule has 0 aliphatic carbocycles. The Morgan fingerprint density at radius 3 is 2.15 bits per heavy atom. The minimum atomic E-state index is -1.81. The smallest absolute Gasteiger partial charge is 0.328 e. The van der Waals surface area contributed by atoms with Gasteiger partial charge in [0.1, 0.15) is 0 Å². The maximum Gasteiger partial charge on any atom is 0.328 e. The minimum Gasteiger partial charge on any atom is -0.480 e. The van der Waals surface area contributed by atoms with Gasteiger partial charge in [0.25, 0.3) is 0 Å². The molecule has 20 heavy (non-hydrogen) atoms. The lowest BCUT2D eigenvalue weighted by Gasteiger charge is -2.11. The van der Waals surface area contributed by atoms with Gasteiger partial charge in [-0.15, -0.1) is 0 Å². The molecule has 0 aliphatic heterocycles. The summed E-state index contributed by atoms with van der Waals surface area (Å²) in [5, 5.41) is 8.97. The average molecular weight is 278 g/mol. The Morgan fingerprint density at radius 1 is 1.20 bits per heavy atom. The van der Waals surface area contributed by atoms with Gasteiger partial charge in [-0.3, -0.25) is 14.4 Å². The third kappa shape index (κ3) is 3.44. The normalized spacial score (nSPS) is 13.3. The van der Waals surface area contributed by atoms with Crippen molar-refractivity contribution in [2.45, 2.75) is 26.2 Å². The monoisotopic (exact) mass is 278 g/mol. The molecule has 1 aromatic rings. The molecule has 0 amide bonds. The van der Waals surface area contributed by atoms with Crippen molar-refractivity contribution in [2.75, 3.05) is 7.11 Å². The van der Waals surface area contributed by atoms with Gasteiger partial charge in [-0.05, 0) is 17.9 Å². The standard InChI is InChI=1S/C15H18O5/c1-4-9(2)10-5-7-11(8-6-10)13(16)12(14(17)18)15(19)20-3/h5-9,12H,4H2,1-3H3,(H,17,18). The zero-order chi connectivity index (χ0) is 15.3. The minimum absolute atomic E-state index is 0.190. The third-order valence-electron chi connectivity index (χ3n) is 3.32. The van der Waals surface area contributed by atoms with E-state index in [4.69, 9.17) is 5.11 Å². The second-order valence-corrected chi connectivity index (χ2v) is 4.59. The molecule has 0 aromatic heterocycles. The Kier molecular flexibility index (Phi) is 5.43. The lowest BCUT2D eigenvalue weighted by atomic mass is 9.93. The Morgan fingerprint density at radius 2 is 1.75 bits per heavy atom. The molecule has 1 N–H and O–H groups in total. The first kappa shape index (κ1) is 15.9. The predicted octanol–water partition coefficient (Wildman–Crippen LogP) is 2.26. The van der Waals surface area contributed by atoms with Gasteiger partial charge < -0.3 is 9.84 Å². The van der Waals surface area contributed by atoms with Crippen LogP contribution in [-0.4, -0.2) is 29.9 Å². The van der Waals surface area contributed by atoms with Crippen LogP contribution in [0.15, 0.2) is 24.3 Å². The number of Topliss-reactive ketones (excluding diaryl/α,β-unsaturated/α-hetero) is 1. The van der Waals surface area contributed by atoms with Crippen LogP contribution in [0.25, 0.3) is 0 Å². The number of aliphatic carboxylic acids is 1. The highest BCUT2D eigenvalue weighted by Gasteiger charge is 2.35. The number of hydrogen-bond donors (Lipinski definition) is 1. The molecule has 0 bridgehead atoms. The first-order valence-electron chi connectivity index (χ1n) is 6.37. The Labute approximate surface area is 117 Å². The first-order valence-corrected chi connectivity index (χ1v) is 6.37. The molecular weight excluding hydrogens is 260 g/mol. The van der Waals surface area contributed by atoms with Crippen LogP contribution in [0.1, 0.15) is 42.1 Å². The van der Waals surface area contributed by atoms with E-state index in [-0.39, 0.29) is 5.56 Å². The quantitative estimate of drug-likeness (QED) is 0.490. The van der Waals surface area contributed by atoms with Crippen molar-refractivity contribution >= 4 is 17.7 Å². The molecule has 0 radical (unpaired) electrons. The fourth-order valence-electron chi connectivity index (χ4n) is 1.82. The van der Waals surface area contributed by atoms with E-state index in [1.165, 1.54) is 0 Å². The Balaban J connectivity index is 3.01. The van der Waals surface area contributed by atoms with Crippen molar-refractivity contribution in [1.82, 2.24) is 0 Å². The van der Waals surface area contributed by atoms with Crippen LogP contribution in [0.2, 0.25) is 0 Å². The fraction of sp³-hybridized carbons (Fsp3) is 0.400. The van der Waals surface area contributed by atoms with Crippen LogP contribution in [0.4, 0.5) is 0 Å². The number of ether oxygens (including phenoxy) is 1. The number of carbonyl (C=O) groups excluding carboxylic acids is 2. The number of carboxylic acids is 1. The second kappa shape index (κ2) is 6.84. The van der Waals surface area contributed by atoms with E-state index in [1.807, 2.05) is 0 Å². The third-order valence-corrected chi connectivity index (χ3v) is 3.32. The Hall–Kier alpha value is -2.17. The molecule has 0 fully saturated rings. The van der Waals surface area contributed by atoms with Crippen molar-refractivity contribution < 1.29 is 24.2 Å². The van der Waals surface area contributed by atoms with Gasteiger partial charge in [0.15, 0.2) is 5.78 Å². The largest absolute Gasteiger partial charge is 0.480 e. The highest BCUT2D eigenvalue weighted by Crippen LogP contribution is 2.20. The number of ketones is 1. The molecule has 2 atom stereocenters. The summed E-state index contributed by atoms with van der Waals surface area (Å²) in [5.41, 5.74) is 1.25. The molecule has 2 unspecified atom stereocenters. The molecule has 108 valence electrons. The second-order valence-electron chi connectivity index (χ2n) is 4.59. The van der Waals surface area contributed by atoms with Crippen LogP contribution < -0.4 is 0 Å². The van der Waals surface area contributed by atoms with E-state index < -0.39 is 23.6 Å². The molecule has 0 spiro atoms. The molecular formula is C15H18O5. The molecule has 1 aromatic carbocycles. The SMILES string of the molecule is CCC(C)c1ccc(C(=O)C(C(=O)O)C(=O)OC)cc1. The van der Waals surface area contributed by atoms with Gasteiger partial charge in [-0.1, -0.05) is 38.1 Å². The lowest BCUT2D eigenvalue weighted by Crippen LogP contribution is -2.32. The number of methoxy groups -OCH3 is 1. The van der Waals surface area contributed by atoms with Crippen molar-refractivity contribution in [1.29, 1.82) is 0 Å². The zero-order valence-electron chi connectivity index (χ0n) is 11.8. The number of benzene rings is 1. The van der Waals surface area contributed by atoms with Gasteiger partial charge in [-0.25, -0.2) is 0 Å². The topological polar surface area (TPSA) is 80.7 Å². The summed E-state index contributed by atoms with van der Waals surface area (Å²) >= 11 is 0. The zero-order valence-corrected chi connectivity index (χ0v) is 11.8. The number of esters is 1. The van der Waals surface area contributed by atoms with Crippen molar-refractivity contribution in [3.8, 4) is 0 Å². The van der Waals surface area contributed by atoms with Crippen LogP contribution >= 0.6 is 0 Å². The molecule has 0 aliphatic rings. The summed E-state index contributed by atoms with van der Waals surface area (Å²) in [4.78, 5) is 34.4. The number of carboxylic acid groups (broad SMARTS) is 1. The number of carbonyl (C=O) groups is 3. The van der Waals surface area contributed by atoms with Crippen LogP contribution in [0.3, 0.4) is 0 Å². The molecule has 5 nitrogen and oxygen atoms in total. The molecule has 5 heteroatoms. The van der Waals surface area contributed by atoms with Crippen molar-refractivity contribution in [2.24, 2.45) is 5.92 Å². The summed E-state index contributed by atoms with van der Waals surface area (Å²) in [6, 6.07) is 6.64. The molecule has 0 saturated carbocycles. The molecule has 0 saturated heterocycles. The van der Waals surface area contributed by atoms with Gasteiger partial charge in [0.05, 0.1) is 7.11 Å². The molecule has 1 rings (SSSR count). The van der Waals surface area contributed by atoms with Crippen molar-refractivity contribution in [3.63, 3.8) is 0 Å². The van der Waals surface area contributed by atoms with Crippen LogP contribution in [0, 0.1) is 5.92 Å². The number of rotatable bonds is 6. The maximum atomic E-state index is 12.1. The summed E-state index contributed by atoms with van der Waals surface area (Å²) in [7, 11) is 1.05. The van der Waals surface area contributed by atoms with Gasteiger partial charge in [0, 0.05) is 5.56 Å². The van der Waals surface area contributed by atoms with E-state index in [1.54, 1.807) is 24.3 Å². The predicted molar refractivity (Wildman–Crippen MR) is 72.6 cm³/mol. The molecule has 0 heterocycles. The van der Waals surface area contributed by atoms with E-state index in [2.05, 4.69) is 18.6 Å². The Bertz CT molecular complexity index is 504. The number of hydrogen-bond acceptors (Lipinski definition) is 4. The fourth-order valence-corrected chi connectivity index (χ4v) is 1.82. The van der Waals surface area contributed by atoms with Gasteiger partial charge in [0.2, 0.25) is 5.92 Å².